The van der Waals surface area contributed by atoms with Gasteiger partial charge in [-0.25, -0.2) is 0 Å². The lowest BCUT2D eigenvalue weighted by Crippen LogP contribution is -2.03. The second kappa shape index (κ2) is 4.62. The highest BCUT2D eigenvalue weighted by Gasteiger charge is 2.04. The molecule has 0 saturated carbocycles. The van der Waals surface area contributed by atoms with Crippen LogP contribution in [0.15, 0.2) is 11.6 Å². The SMILES string of the molecule is CC[C@H](C)/C(C)=C\CS(=O)(=O)O. The fourth-order valence-corrected chi connectivity index (χ4v) is 1.23. The van der Waals surface area contributed by atoms with Crippen molar-refractivity contribution in [1.82, 2.24) is 0 Å². The van der Waals surface area contributed by atoms with Crippen molar-refractivity contribution in [3.05, 3.63) is 11.6 Å². The maximum Gasteiger partial charge on any atom is 0.268 e. The van der Waals surface area contributed by atoms with Crippen LogP contribution in [-0.4, -0.2) is 18.7 Å². The largest absolute Gasteiger partial charge is 0.285 e. The lowest BCUT2D eigenvalue weighted by Gasteiger charge is -2.07. The first-order valence-electron chi connectivity index (χ1n) is 3.98. The molecule has 0 heterocycles. The molecular weight excluding hydrogens is 176 g/mol. The van der Waals surface area contributed by atoms with E-state index >= 15 is 0 Å². The first-order valence-corrected chi connectivity index (χ1v) is 5.59. The van der Waals surface area contributed by atoms with Gasteiger partial charge in [0.25, 0.3) is 10.1 Å². The molecule has 0 bridgehead atoms. The number of hydrogen-bond acceptors (Lipinski definition) is 2. The highest BCUT2D eigenvalue weighted by atomic mass is 32.2. The summed E-state index contributed by atoms with van der Waals surface area (Å²) in [6.45, 7) is 5.94. The van der Waals surface area contributed by atoms with Crippen molar-refractivity contribution in [1.29, 1.82) is 0 Å². The second-order valence-electron chi connectivity index (χ2n) is 3.01. The third kappa shape index (κ3) is 5.32. The monoisotopic (exact) mass is 192 g/mol. The van der Waals surface area contributed by atoms with Gasteiger partial charge in [0, 0.05) is 0 Å². The Morgan fingerprint density at radius 3 is 2.42 bits per heavy atom. The van der Waals surface area contributed by atoms with Crippen molar-refractivity contribution in [2.45, 2.75) is 27.2 Å². The van der Waals surface area contributed by atoms with E-state index < -0.39 is 10.1 Å². The van der Waals surface area contributed by atoms with E-state index in [-0.39, 0.29) is 5.75 Å². The summed E-state index contributed by atoms with van der Waals surface area (Å²) in [6, 6.07) is 0. The molecule has 0 radical (unpaired) electrons. The molecule has 1 N–H and O–H groups in total. The zero-order valence-corrected chi connectivity index (χ0v) is 8.56. The van der Waals surface area contributed by atoms with Crippen molar-refractivity contribution in [2.24, 2.45) is 5.92 Å². The first-order chi connectivity index (χ1) is 5.37. The minimum atomic E-state index is -3.84. The van der Waals surface area contributed by atoms with Crippen LogP contribution in [-0.2, 0) is 10.1 Å². The lowest BCUT2D eigenvalue weighted by molar-refractivity contribution is 0.486. The van der Waals surface area contributed by atoms with Gasteiger partial charge < -0.3 is 0 Å². The van der Waals surface area contributed by atoms with Gasteiger partial charge in [-0.1, -0.05) is 25.5 Å². The smallest absolute Gasteiger partial charge is 0.268 e. The van der Waals surface area contributed by atoms with Gasteiger partial charge in [-0.15, -0.1) is 0 Å². The molecule has 0 unspecified atom stereocenters. The third-order valence-electron chi connectivity index (χ3n) is 2.01. The Bertz CT molecular complexity index is 251. The van der Waals surface area contributed by atoms with Crippen LogP contribution in [0.3, 0.4) is 0 Å². The molecule has 0 fully saturated rings. The molecular formula is C8H16O3S. The Balaban J connectivity index is 4.20. The van der Waals surface area contributed by atoms with Crippen LogP contribution < -0.4 is 0 Å². The van der Waals surface area contributed by atoms with Crippen LogP contribution in [0.2, 0.25) is 0 Å². The molecule has 0 aromatic carbocycles. The standard InChI is InChI=1S/C8H16O3S/c1-4-7(2)8(3)5-6-12(9,10)11/h5,7H,4,6H2,1-3H3,(H,9,10,11)/b8-5-/t7-/m0/s1. The summed E-state index contributed by atoms with van der Waals surface area (Å²) >= 11 is 0. The summed E-state index contributed by atoms with van der Waals surface area (Å²) < 4.78 is 29.2. The third-order valence-corrected chi connectivity index (χ3v) is 2.59. The van der Waals surface area contributed by atoms with Gasteiger partial charge >= 0.3 is 0 Å². The maximum absolute atomic E-state index is 10.4. The lowest BCUT2D eigenvalue weighted by atomic mass is 10.0. The van der Waals surface area contributed by atoms with Crippen LogP contribution in [0.4, 0.5) is 0 Å². The average Bonchev–Trinajstić information content (AvgIpc) is 1.97. The molecule has 3 nitrogen and oxygen atoms in total. The maximum atomic E-state index is 10.4. The van der Waals surface area contributed by atoms with Gasteiger partial charge in [-0.2, -0.15) is 8.42 Å². The number of rotatable bonds is 4. The van der Waals surface area contributed by atoms with E-state index in [9.17, 15) is 8.42 Å². The van der Waals surface area contributed by atoms with Crippen LogP contribution in [0.25, 0.3) is 0 Å². The van der Waals surface area contributed by atoms with E-state index in [0.717, 1.165) is 12.0 Å². The van der Waals surface area contributed by atoms with Crippen molar-refractivity contribution in [3.63, 3.8) is 0 Å². The summed E-state index contributed by atoms with van der Waals surface area (Å²) in [5.41, 5.74) is 1.01. The minimum absolute atomic E-state index is 0.275. The van der Waals surface area contributed by atoms with Gasteiger partial charge in [-0.05, 0) is 19.3 Å². The molecule has 0 saturated heterocycles. The zero-order chi connectivity index (χ0) is 9.78. The number of hydrogen-bond donors (Lipinski definition) is 1. The van der Waals surface area contributed by atoms with Gasteiger partial charge in [0.2, 0.25) is 0 Å². The van der Waals surface area contributed by atoms with Crippen LogP contribution >= 0.6 is 0 Å². The number of allylic oxidation sites excluding steroid dienone is 1. The van der Waals surface area contributed by atoms with E-state index in [1.807, 2.05) is 20.8 Å². The average molecular weight is 192 g/mol. The molecule has 0 rings (SSSR count). The van der Waals surface area contributed by atoms with Crippen LogP contribution in [0, 0.1) is 5.92 Å². The molecule has 1 atom stereocenters. The quantitative estimate of drug-likeness (QED) is 0.546. The Morgan fingerprint density at radius 2 is 2.08 bits per heavy atom. The summed E-state index contributed by atoms with van der Waals surface area (Å²) in [6.07, 6.45) is 2.54. The highest BCUT2D eigenvalue weighted by Crippen LogP contribution is 2.12. The van der Waals surface area contributed by atoms with E-state index in [1.54, 1.807) is 6.08 Å². The van der Waals surface area contributed by atoms with Gasteiger partial charge in [0.15, 0.2) is 0 Å². The van der Waals surface area contributed by atoms with E-state index in [0.29, 0.717) is 5.92 Å². The summed E-state index contributed by atoms with van der Waals surface area (Å²) in [5, 5.41) is 0. The molecule has 0 amide bonds. The minimum Gasteiger partial charge on any atom is -0.285 e. The predicted molar refractivity (Wildman–Crippen MR) is 49.6 cm³/mol. The summed E-state index contributed by atoms with van der Waals surface area (Å²) in [5.74, 6) is 0.107. The molecule has 0 aliphatic rings. The summed E-state index contributed by atoms with van der Waals surface area (Å²) in [4.78, 5) is 0. The molecule has 4 heteroatoms. The van der Waals surface area contributed by atoms with Gasteiger partial charge in [0.05, 0.1) is 5.75 Å². The molecule has 12 heavy (non-hydrogen) atoms. The predicted octanol–water partition coefficient (Wildman–Crippen LogP) is 1.87. The van der Waals surface area contributed by atoms with Crippen LogP contribution in [0.5, 0.6) is 0 Å². The van der Waals surface area contributed by atoms with Crippen LogP contribution in [0.1, 0.15) is 27.2 Å². The molecule has 72 valence electrons. The van der Waals surface area contributed by atoms with Crippen molar-refractivity contribution < 1.29 is 13.0 Å². The Hall–Kier alpha value is -0.350. The van der Waals surface area contributed by atoms with Crippen molar-refractivity contribution in [3.8, 4) is 0 Å². The molecule has 0 aliphatic carbocycles. The van der Waals surface area contributed by atoms with E-state index in [2.05, 4.69) is 0 Å². The molecule has 0 aromatic heterocycles. The van der Waals surface area contributed by atoms with Crippen molar-refractivity contribution in [2.75, 3.05) is 5.75 Å². The molecule has 0 spiro atoms. The Kier molecular flexibility index (Phi) is 4.49. The van der Waals surface area contributed by atoms with E-state index in [4.69, 9.17) is 4.55 Å². The second-order valence-corrected chi connectivity index (χ2v) is 4.50. The fourth-order valence-electron chi connectivity index (χ4n) is 0.760. The normalized spacial score (nSPS) is 16.2. The zero-order valence-electron chi connectivity index (χ0n) is 7.74. The topological polar surface area (TPSA) is 54.4 Å². The Morgan fingerprint density at radius 1 is 1.58 bits per heavy atom. The Labute approximate surface area is 74.2 Å². The van der Waals surface area contributed by atoms with Gasteiger partial charge in [-0.3, -0.25) is 4.55 Å². The molecule has 0 aromatic rings. The molecule has 0 aliphatic heterocycles. The summed E-state index contributed by atoms with van der Waals surface area (Å²) in [7, 11) is -3.84. The van der Waals surface area contributed by atoms with Crippen molar-refractivity contribution >= 4 is 10.1 Å². The first kappa shape index (κ1) is 11.6. The van der Waals surface area contributed by atoms with Gasteiger partial charge in [0.1, 0.15) is 0 Å². The fraction of sp³-hybridized carbons (Fsp3) is 0.750. The van der Waals surface area contributed by atoms with E-state index in [1.165, 1.54) is 0 Å². The highest BCUT2D eigenvalue weighted by molar-refractivity contribution is 7.85.